The third-order valence-electron chi connectivity index (χ3n) is 12.4. The second-order valence-electron chi connectivity index (χ2n) is 16.1. The van der Waals surface area contributed by atoms with E-state index in [1.54, 1.807) is 0 Å². The second-order valence-corrected chi connectivity index (χ2v) is 16.1. The van der Waals surface area contributed by atoms with Gasteiger partial charge in [-0.1, -0.05) is 188 Å². The van der Waals surface area contributed by atoms with Crippen molar-refractivity contribution in [2.75, 3.05) is 4.90 Å². The molecule has 63 heavy (non-hydrogen) atoms. The molecule has 296 valence electrons. The summed E-state index contributed by atoms with van der Waals surface area (Å²) in [6.07, 6.45) is 0. The van der Waals surface area contributed by atoms with Crippen LogP contribution in [-0.4, -0.2) is 4.57 Å². The fourth-order valence-electron chi connectivity index (χ4n) is 9.49. The van der Waals surface area contributed by atoms with E-state index >= 15 is 0 Å². The molecule has 12 rings (SSSR count). The van der Waals surface area contributed by atoms with Gasteiger partial charge >= 0.3 is 0 Å². The van der Waals surface area contributed by atoms with Gasteiger partial charge in [0.2, 0.25) is 0 Å². The van der Waals surface area contributed by atoms with Crippen molar-refractivity contribution in [2.45, 2.75) is 0 Å². The van der Waals surface area contributed by atoms with Gasteiger partial charge in [-0.15, -0.1) is 0 Å². The Bertz CT molecular complexity index is 3600. The van der Waals surface area contributed by atoms with Gasteiger partial charge in [-0.2, -0.15) is 0 Å². The average Bonchev–Trinajstić information content (AvgIpc) is 3.91. The van der Waals surface area contributed by atoms with Crippen LogP contribution in [0.25, 0.3) is 93.9 Å². The number of furan rings is 1. The maximum atomic E-state index is 6.66. The third kappa shape index (κ3) is 6.29. The lowest BCUT2D eigenvalue weighted by Crippen LogP contribution is -2.11. The number of anilines is 3. The van der Waals surface area contributed by atoms with Crippen LogP contribution in [0.3, 0.4) is 0 Å². The normalized spacial score (nSPS) is 11.5. The van der Waals surface area contributed by atoms with Crippen molar-refractivity contribution >= 4 is 60.8 Å². The van der Waals surface area contributed by atoms with Crippen molar-refractivity contribution in [3.8, 4) is 50.2 Å². The van der Waals surface area contributed by atoms with Gasteiger partial charge in [-0.05, 0) is 88.0 Å². The molecule has 2 heterocycles. The summed E-state index contributed by atoms with van der Waals surface area (Å²) in [6, 6.07) is 87.1. The van der Waals surface area contributed by atoms with E-state index in [2.05, 4.69) is 246 Å². The Morgan fingerprint density at radius 1 is 0.317 bits per heavy atom. The van der Waals surface area contributed by atoms with E-state index in [1.807, 2.05) is 6.07 Å². The molecular weight excluding hydrogens is 765 g/mol. The molecule has 12 aromatic rings. The first kappa shape index (κ1) is 36.5. The van der Waals surface area contributed by atoms with E-state index in [0.29, 0.717) is 0 Å². The molecule has 0 aliphatic heterocycles. The first-order valence-electron chi connectivity index (χ1n) is 21.5. The summed E-state index contributed by atoms with van der Waals surface area (Å²) in [6.45, 7) is 0. The molecule has 0 aliphatic rings. The predicted octanol–water partition coefficient (Wildman–Crippen LogP) is 16.8. The van der Waals surface area contributed by atoms with Crippen molar-refractivity contribution in [3.05, 3.63) is 243 Å². The molecule has 3 nitrogen and oxygen atoms in total. The van der Waals surface area contributed by atoms with Crippen LogP contribution in [0.4, 0.5) is 17.1 Å². The van der Waals surface area contributed by atoms with Crippen LogP contribution in [0, 0.1) is 0 Å². The highest BCUT2D eigenvalue weighted by atomic mass is 16.3. The number of para-hydroxylation sites is 4. The highest BCUT2D eigenvalue weighted by Gasteiger charge is 2.23. The molecule has 10 aromatic carbocycles. The number of nitrogens with zero attached hydrogens (tertiary/aromatic N) is 2. The van der Waals surface area contributed by atoms with Crippen LogP contribution in [0.1, 0.15) is 0 Å². The summed E-state index contributed by atoms with van der Waals surface area (Å²) in [5.74, 6) is 0. The van der Waals surface area contributed by atoms with Gasteiger partial charge < -0.3 is 13.9 Å². The number of hydrogen-bond donors (Lipinski definition) is 0. The lowest BCUT2D eigenvalue weighted by Gasteiger charge is -2.28. The zero-order chi connectivity index (χ0) is 41.7. The van der Waals surface area contributed by atoms with Crippen LogP contribution in [0.2, 0.25) is 0 Å². The Hall–Kier alpha value is -8.40. The average molecular weight is 805 g/mol. The Morgan fingerprint density at radius 2 is 0.889 bits per heavy atom. The van der Waals surface area contributed by atoms with Crippen LogP contribution in [0.5, 0.6) is 0 Å². The van der Waals surface area contributed by atoms with Crippen LogP contribution < -0.4 is 4.90 Å². The SMILES string of the molecule is c1ccc(-c2ccc(N(c3ccc4c5ccccc5n(-c5ccc(-c6ccccc6)c(-c6ccccc6)c5)c4c3)c3ccccc3-c3cccc4c3oc3ccccc34)cc2)cc1. The molecule has 2 aromatic heterocycles. The maximum absolute atomic E-state index is 6.66. The number of rotatable bonds is 8. The topological polar surface area (TPSA) is 21.3 Å². The summed E-state index contributed by atoms with van der Waals surface area (Å²) >= 11 is 0. The molecular formula is C60H40N2O. The van der Waals surface area contributed by atoms with E-state index in [-0.39, 0.29) is 0 Å². The molecule has 0 atom stereocenters. The van der Waals surface area contributed by atoms with E-state index in [1.165, 1.54) is 44.2 Å². The number of aromatic nitrogens is 1. The molecule has 0 saturated heterocycles. The monoisotopic (exact) mass is 804 g/mol. The summed E-state index contributed by atoms with van der Waals surface area (Å²) in [4.78, 5) is 2.40. The predicted molar refractivity (Wildman–Crippen MR) is 264 cm³/mol. The fraction of sp³-hybridized carbons (Fsp3) is 0. The minimum absolute atomic E-state index is 0.884. The van der Waals surface area contributed by atoms with Crippen LogP contribution in [0.15, 0.2) is 247 Å². The molecule has 0 aliphatic carbocycles. The van der Waals surface area contributed by atoms with Crippen LogP contribution >= 0.6 is 0 Å². The second kappa shape index (κ2) is 15.3. The summed E-state index contributed by atoms with van der Waals surface area (Å²) in [5, 5.41) is 4.63. The molecule has 0 unspecified atom stereocenters. The lowest BCUT2D eigenvalue weighted by molar-refractivity contribution is 0.670. The van der Waals surface area contributed by atoms with Gasteiger partial charge in [0.1, 0.15) is 11.2 Å². The molecule has 0 amide bonds. The Labute approximate surface area is 366 Å². The number of hydrogen-bond acceptors (Lipinski definition) is 2. The quantitative estimate of drug-likeness (QED) is 0.153. The zero-order valence-corrected chi connectivity index (χ0v) is 34.4. The van der Waals surface area contributed by atoms with Gasteiger partial charge in [-0.3, -0.25) is 0 Å². The summed E-state index contributed by atoms with van der Waals surface area (Å²) in [7, 11) is 0. The molecule has 0 saturated carbocycles. The van der Waals surface area contributed by atoms with Gasteiger partial charge in [0, 0.05) is 49.7 Å². The van der Waals surface area contributed by atoms with E-state index in [4.69, 9.17) is 4.42 Å². The standard InChI is InChI=1S/C60H40N2O/c1-4-17-41(18-5-1)42-31-33-45(34-32-42)61(56-28-13-11-24-50(56)53-26-16-27-54-52-25-12-15-30-59(52)63-60(53)54)47-36-38-51-49-23-10-14-29-57(49)62(58(51)40-47)46-35-37-48(43-19-6-2-7-20-43)55(39-46)44-21-8-3-9-22-44/h1-40H. The van der Waals surface area contributed by atoms with Crippen molar-refractivity contribution in [2.24, 2.45) is 0 Å². The fourth-order valence-corrected chi connectivity index (χ4v) is 9.49. The van der Waals surface area contributed by atoms with Crippen molar-refractivity contribution in [1.82, 2.24) is 4.57 Å². The zero-order valence-electron chi connectivity index (χ0n) is 34.4. The van der Waals surface area contributed by atoms with Gasteiger partial charge in [0.25, 0.3) is 0 Å². The van der Waals surface area contributed by atoms with Crippen molar-refractivity contribution in [1.29, 1.82) is 0 Å². The smallest absolute Gasteiger partial charge is 0.143 e. The Balaban J connectivity index is 1.09. The maximum Gasteiger partial charge on any atom is 0.143 e. The summed E-state index contributed by atoms with van der Waals surface area (Å²) in [5.41, 5.74) is 17.6. The van der Waals surface area contributed by atoms with E-state index < -0.39 is 0 Å². The van der Waals surface area contributed by atoms with Crippen molar-refractivity contribution < 1.29 is 4.42 Å². The number of fused-ring (bicyclic) bond motifs is 6. The first-order valence-corrected chi connectivity index (χ1v) is 21.5. The molecule has 0 bridgehead atoms. The largest absolute Gasteiger partial charge is 0.455 e. The van der Waals surface area contributed by atoms with Gasteiger partial charge in [0.15, 0.2) is 0 Å². The third-order valence-corrected chi connectivity index (χ3v) is 12.4. The van der Waals surface area contributed by atoms with Gasteiger partial charge in [0.05, 0.1) is 16.7 Å². The highest BCUT2D eigenvalue weighted by Crippen LogP contribution is 2.46. The molecule has 3 heteroatoms. The van der Waals surface area contributed by atoms with Gasteiger partial charge in [-0.25, -0.2) is 0 Å². The Morgan fingerprint density at radius 3 is 1.67 bits per heavy atom. The van der Waals surface area contributed by atoms with E-state index in [0.717, 1.165) is 66.8 Å². The Kier molecular flexibility index (Phi) is 8.83. The van der Waals surface area contributed by atoms with E-state index in [9.17, 15) is 0 Å². The number of benzene rings is 10. The highest BCUT2D eigenvalue weighted by molar-refractivity contribution is 6.12. The molecule has 0 radical (unpaired) electrons. The minimum Gasteiger partial charge on any atom is -0.455 e. The first-order chi connectivity index (χ1) is 31.3. The molecule has 0 N–H and O–H groups in total. The van der Waals surface area contributed by atoms with Crippen molar-refractivity contribution in [3.63, 3.8) is 0 Å². The van der Waals surface area contributed by atoms with Crippen LogP contribution in [-0.2, 0) is 0 Å². The lowest BCUT2D eigenvalue weighted by atomic mass is 9.94. The minimum atomic E-state index is 0.884. The molecule has 0 spiro atoms. The molecule has 0 fully saturated rings. The summed E-state index contributed by atoms with van der Waals surface area (Å²) < 4.78 is 9.10.